The van der Waals surface area contributed by atoms with E-state index >= 15 is 0 Å². The van der Waals surface area contributed by atoms with Gasteiger partial charge in [0.1, 0.15) is 0 Å². The summed E-state index contributed by atoms with van der Waals surface area (Å²) in [5.41, 5.74) is 37.5. The number of rotatable bonds is 20. The van der Waals surface area contributed by atoms with Crippen molar-refractivity contribution in [3.63, 3.8) is 0 Å². The Balaban J connectivity index is 2.23. The normalized spacial score (nSPS) is 12.6. The first-order chi connectivity index (χ1) is 40.0. The summed E-state index contributed by atoms with van der Waals surface area (Å²) in [6, 6.07) is 26.9. The Bertz CT molecular complexity index is 2890. The van der Waals surface area contributed by atoms with Crippen molar-refractivity contribution >= 4 is 39.7 Å². The molecule has 0 N–H and O–H groups in total. The van der Waals surface area contributed by atoms with Gasteiger partial charge in [-0.05, 0) is 0 Å². The maximum atomic E-state index is 2.79. The van der Waals surface area contributed by atoms with Crippen molar-refractivity contribution in [1.29, 1.82) is 0 Å². The second-order valence-corrected chi connectivity index (χ2v) is 45.2. The molecule has 6 rings (SSSR count). The first kappa shape index (κ1) is 72.0. The van der Waals surface area contributed by atoms with Crippen molar-refractivity contribution < 1.29 is 0 Å². The van der Waals surface area contributed by atoms with Crippen LogP contribution in [0.3, 0.4) is 0 Å². The molecule has 0 saturated carbocycles. The quantitative estimate of drug-likeness (QED) is 0.0669. The van der Waals surface area contributed by atoms with Gasteiger partial charge in [0, 0.05) is 0 Å². The minimum absolute atomic E-state index is 0.341. The molecule has 0 atom stereocenters. The van der Waals surface area contributed by atoms with Crippen LogP contribution in [0.15, 0.2) is 60.7 Å². The van der Waals surface area contributed by atoms with Crippen LogP contribution in [-0.2, 0) is 0 Å². The molecule has 86 heavy (non-hydrogen) atoms. The second-order valence-electron chi connectivity index (χ2n) is 31.4. The fraction of sp³-hybridized carbons (Fsp3) is 0.571. The molecule has 0 fully saturated rings. The summed E-state index contributed by atoms with van der Waals surface area (Å²) in [4.78, 5) is 0. The third-order valence-corrected chi connectivity index (χ3v) is 35.7. The molecule has 0 unspecified atom stereocenters. The van der Waals surface area contributed by atoms with Gasteiger partial charge in [-0.2, -0.15) is 0 Å². The first-order valence-electron chi connectivity index (χ1n) is 34.6. The zero-order chi connectivity index (χ0) is 64.7. The molecule has 0 aliphatic rings. The van der Waals surface area contributed by atoms with Gasteiger partial charge in [0.2, 0.25) is 0 Å². The van der Waals surface area contributed by atoms with E-state index in [0.717, 1.165) is 0 Å². The van der Waals surface area contributed by atoms with E-state index < -0.39 is 32.5 Å². The van der Waals surface area contributed by atoms with E-state index in [0.29, 0.717) is 94.7 Å². The van der Waals surface area contributed by atoms with E-state index in [1.54, 1.807) is 111 Å². The molecular weight excluding hydrogens is 1250 g/mol. The Hall–Kier alpha value is -3.08. The summed E-state index contributed by atoms with van der Waals surface area (Å²) >= 11 is -3.19. The SMILES string of the molecule is CC(C)c1cc(C(C)C)c(-c2c(C(C)C)cc(C(C)C)c(-c3c(C(C)C)cc(C(C)C)cc3C(C)C)[c]2[Sn]#[Sn][c]2c(-c3c(C(C)C)cc(C(C)C)cc3C(C)C)c(C(C)C)cc(C(C)C)c2-c2c(C(C)C)cc(C(C)C)cc2C(C)C)c(C(C)C)c1. The average molecular weight is 1370 g/mol. The van der Waals surface area contributed by atoms with Gasteiger partial charge in [0.15, 0.2) is 0 Å². The predicted molar refractivity (Wildman–Crippen MR) is 391 cm³/mol. The van der Waals surface area contributed by atoms with E-state index in [9.17, 15) is 0 Å². The summed E-state index contributed by atoms with van der Waals surface area (Å²) in [5.74, 6) is 6.02. The van der Waals surface area contributed by atoms with Crippen molar-refractivity contribution in [3.8, 4) is 44.5 Å². The fourth-order valence-electron chi connectivity index (χ4n) is 13.7. The van der Waals surface area contributed by atoms with E-state index in [2.05, 4.69) is 282 Å². The van der Waals surface area contributed by atoms with Gasteiger partial charge in [-0.25, -0.2) is 0 Å². The fourth-order valence-corrected chi connectivity index (χ4v) is 33.3. The second kappa shape index (κ2) is 29.5. The van der Waals surface area contributed by atoms with Crippen LogP contribution in [0.2, 0.25) is 0 Å². The van der Waals surface area contributed by atoms with Gasteiger partial charge < -0.3 is 0 Å². The van der Waals surface area contributed by atoms with Crippen LogP contribution in [0, 0.1) is 0 Å². The molecular formula is C84H122Sn2. The molecule has 466 valence electrons. The maximum absolute atomic E-state index is 2.79. The van der Waals surface area contributed by atoms with Crippen molar-refractivity contribution in [1.82, 2.24) is 0 Å². The molecule has 6 aromatic rings. The molecule has 0 amide bonds. The third kappa shape index (κ3) is 15.0. The molecule has 0 spiro atoms. The van der Waals surface area contributed by atoms with Gasteiger partial charge in [-0.3, -0.25) is 0 Å². The predicted octanol–water partition coefficient (Wildman–Crippen LogP) is 25.6. The Morgan fingerprint density at radius 1 is 0.151 bits per heavy atom. The van der Waals surface area contributed by atoms with E-state index in [4.69, 9.17) is 0 Å². The van der Waals surface area contributed by atoms with E-state index in [-0.39, 0.29) is 0 Å². The zero-order valence-electron chi connectivity index (χ0n) is 61.0. The van der Waals surface area contributed by atoms with Gasteiger partial charge >= 0.3 is 550 Å². The Morgan fingerprint density at radius 3 is 0.372 bits per heavy atom. The van der Waals surface area contributed by atoms with Gasteiger partial charge in [0.25, 0.3) is 0 Å². The van der Waals surface area contributed by atoms with E-state index in [1.807, 2.05) is 7.16 Å². The summed E-state index contributed by atoms with van der Waals surface area (Å²) in [5, 5.41) is 0. The van der Waals surface area contributed by atoms with Crippen LogP contribution in [0.1, 0.15) is 405 Å². The molecule has 2 heteroatoms. The van der Waals surface area contributed by atoms with Gasteiger partial charge in [-0.1, -0.05) is 0 Å². The number of hydrogen-bond donors (Lipinski definition) is 0. The van der Waals surface area contributed by atoms with Gasteiger partial charge in [-0.15, -0.1) is 0 Å². The first-order valence-corrected chi connectivity index (χ1v) is 48.5. The van der Waals surface area contributed by atoms with Crippen LogP contribution >= 0.6 is 0 Å². The standard InChI is InChI=1S/2C42H61.2Sn/c2*1-23(2)31-17-35(27(9)10)41(36(18-31)28(11)12)39-22-40(34(26(7)8)21-33(39)25(5)6)42-37(29(13)14)19-32(24(3)4)20-38(42)30(15)16;;/h2*17-21,23-30H,1-16H3;;. The molecule has 0 nitrogen and oxygen atoms in total. The molecule has 0 radical (unpaired) electrons. The van der Waals surface area contributed by atoms with Crippen molar-refractivity contribution in [2.45, 2.75) is 316 Å². The van der Waals surface area contributed by atoms with Crippen LogP contribution in [0.25, 0.3) is 44.5 Å². The molecule has 0 aromatic heterocycles. The molecule has 0 saturated heterocycles. The van der Waals surface area contributed by atoms with Crippen LogP contribution < -0.4 is 7.16 Å². The average Bonchev–Trinajstić information content (AvgIpc) is 1.44. The summed E-state index contributed by atoms with van der Waals surface area (Å²) < 4.78 is 3.61. The summed E-state index contributed by atoms with van der Waals surface area (Å²) in [6.07, 6.45) is 0. The number of hydrogen-bond acceptors (Lipinski definition) is 0. The van der Waals surface area contributed by atoms with Gasteiger partial charge in [0.05, 0.1) is 0 Å². The zero-order valence-corrected chi connectivity index (χ0v) is 66.7. The number of benzene rings is 6. The Morgan fingerprint density at radius 2 is 0.267 bits per heavy atom. The molecule has 0 aliphatic heterocycles. The summed E-state index contributed by atoms with van der Waals surface area (Å²) in [6.45, 7) is 79.5. The Kier molecular flexibility index (Phi) is 24.7. The van der Waals surface area contributed by atoms with Crippen molar-refractivity contribution in [2.75, 3.05) is 0 Å². The molecule has 0 heterocycles. The monoisotopic (exact) mass is 1370 g/mol. The molecule has 0 aliphatic carbocycles. The molecule has 6 aromatic carbocycles. The van der Waals surface area contributed by atoms with Crippen LogP contribution in [0.4, 0.5) is 0 Å². The summed E-state index contributed by atoms with van der Waals surface area (Å²) in [7, 11) is 0. The minimum atomic E-state index is -1.60. The van der Waals surface area contributed by atoms with E-state index in [1.165, 1.54) is 22.3 Å². The van der Waals surface area contributed by atoms with Crippen molar-refractivity contribution in [2.24, 2.45) is 0 Å². The topological polar surface area (TPSA) is 0 Å². The Labute approximate surface area is 545 Å². The van der Waals surface area contributed by atoms with Crippen molar-refractivity contribution in [3.05, 3.63) is 150 Å². The van der Waals surface area contributed by atoms with Crippen LogP contribution in [0.5, 0.6) is 0 Å². The molecule has 0 bridgehead atoms. The third-order valence-electron chi connectivity index (χ3n) is 19.1. The van der Waals surface area contributed by atoms with Crippen LogP contribution in [-0.4, -0.2) is 32.5 Å².